The first kappa shape index (κ1) is 11.0. The average molecular weight is 221 g/mol. The fourth-order valence-corrected chi connectivity index (χ4v) is 1.66. The van der Waals surface area contributed by atoms with Crippen LogP contribution in [0.5, 0.6) is 0 Å². The molecule has 0 aliphatic carbocycles. The van der Waals surface area contributed by atoms with Gasteiger partial charge in [-0.05, 0) is 11.6 Å². The van der Waals surface area contributed by atoms with E-state index >= 15 is 0 Å². The molecule has 2 heterocycles. The second kappa shape index (κ2) is 5.05. The Balaban J connectivity index is 1.84. The molecule has 1 aromatic rings. The van der Waals surface area contributed by atoms with E-state index in [1.807, 2.05) is 12.1 Å². The molecule has 0 aromatic carbocycles. The van der Waals surface area contributed by atoms with Gasteiger partial charge in [-0.2, -0.15) is 0 Å². The molecule has 0 bridgehead atoms. The molecule has 1 aliphatic rings. The Hall–Kier alpha value is -1.46. The first-order valence-corrected chi connectivity index (χ1v) is 5.27. The normalized spacial score (nSPS) is 24.3. The number of ether oxygens (including phenoxy) is 1. The van der Waals surface area contributed by atoms with E-state index < -0.39 is 0 Å². The highest BCUT2D eigenvalue weighted by atomic mass is 16.5. The quantitative estimate of drug-likeness (QED) is 0.732. The van der Waals surface area contributed by atoms with Gasteiger partial charge in [0.25, 0.3) is 0 Å². The van der Waals surface area contributed by atoms with Crippen molar-refractivity contribution in [1.29, 1.82) is 0 Å². The zero-order valence-electron chi connectivity index (χ0n) is 8.93. The minimum Gasteiger partial charge on any atom is -0.379 e. The number of rotatable bonds is 3. The second-order valence-electron chi connectivity index (χ2n) is 3.89. The van der Waals surface area contributed by atoms with Gasteiger partial charge in [0.2, 0.25) is 5.91 Å². The largest absolute Gasteiger partial charge is 0.379 e. The lowest BCUT2D eigenvalue weighted by Gasteiger charge is -2.13. The molecule has 0 spiro atoms. The number of hydrogen-bond donors (Lipinski definition) is 2. The Kier molecular flexibility index (Phi) is 3.48. The number of pyridine rings is 1. The number of amides is 1. The average Bonchev–Trinajstić information content (AvgIpc) is 2.74. The van der Waals surface area contributed by atoms with Gasteiger partial charge in [-0.15, -0.1) is 0 Å². The van der Waals surface area contributed by atoms with E-state index in [4.69, 9.17) is 10.5 Å². The van der Waals surface area contributed by atoms with Crippen LogP contribution in [0.15, 0.2) is 24.5 Å². The minimum atomic E-state index is -0.225. The third kappa shape index (κ3) is 2.56. The summed E-state index contributed by atoms with van der Waals surface area (Å²) in [6.07, 6.45) is 3.43. The molecular formula is C11H15N3O2. The van der Waals surface area contributed by atoms with Crippen LogP contribution in [0.25, 0.3) is 0 Å². The summed E-state index contributed by atoms with van der Waals surface area (Å²) >= 11 is 0. The lowest BCUT2D eigenvalue weighted by Crippen LogP contribution is -2.40. The summed E-state index contributed by atoms with van der Waals surface area (Å²) in [6, 6.07) is 3.57. The smallest absolute Gasteiger partial charge is 0.227 e. The fraction of sp³-hybridized carbons (Fsp3) is 0.455. The summed E-state index contributed by atoms with van der Waals surface area (Å²) in [5.41, 5.74) is 6.73. The van der Waals surface area contributed by atoms with Crippen LogP contribution in [0, 0.1) is 5.92 Å². The van der Waals surface area contributed by atoms with Gasteiger partial charge in [-0.1, -0.05) is 6.07 Å². The van der Waals surface area contributed by atoms with Gasteiger partial charge in [0, 0.05) is 25.0 Å². The molecule has 2 rings (SSSR count). The van der Waals surface area contributed by atoms with Crippen molar-refractivity contribution in [1.82, 2.24) is 10.3 Å². The van der Waals surface area contributed by atoms with Crippen molar-refractivity contribution in [2.75, 3.05) is 13.2 Å². The molecule has 3 N–H and O–H groups in total. The maximum atomic E-state index is 11.7. The number of nitrogens with two attached hydrogens (primary N) is 1. The van der Waals surface area contributed by atoms with Gasteiger partial charge in [-0.3, -0.25) is 9.78 Å². The van der Waals surface area contributed by atoms with Gasteiger partial charge >= 0.3 is 0 Å². The van der Waals surface area contributed by atoms with E-state index in [0.29, 0.717) is 19.8 Å². The molecule has 1 aromatic heterocycles. The van der Waals surface area contributed by atoms with Crippen molar-refractivity contribution in [3.63, 3.8) is 0 Å². The Morgan fingerprint density at radius 2 is 2.50 bits per heavy atom. The summed E-state index contributed by atoms with van der Waals surface area (Å²) < 4.78 is 5.14. The number of aromatic nitrogens is 1. The Morgan fingerprint density at radius 1 is 1.62 bits per heavy atom. The molecule has 0 saturated carbocycles. The molecule has 0 radical (unpaired) electrons. The minimum absolute atomic E-state index is 0.0474. The van der Waals surface area contributed by atoms with Crippen LogP contribution in [0.4, 0.5) is 0 Å². The number of hydrogen-bond acceptors (Lipinski definition) is 4. The van der Waals surface area contributed by atoms with Crippen LogP contribution < -0.4 is 11.1 Å². The van der Waals surface area contributed by atoms with Crippen molar-refractivity contribution in [3.05, 3.63) is 30.1 Å². The highest BCUT2D eigenvalue weighted by Crippen LogP contribution is 2.11. The molecule has 1 aliphatic heterocycles. The summed E-state index contributed by atoms with van der Waals surface area (Å²) in [5, 5.41) is 2.83. The van der Waals surface area contributed by atoms with Crippen LogP contribution in [0.1, 0.15) is 5.56 Å². The van der Waals surface area contributed by atoms with Crippen LogP contribution in [-0.4, -0.2) is 30.1 Å². The Bertz CT molecular complexity index is 356. The molecule has 1 saturated heterocycles. The maximum absolute atomic E-state index is 11.7. The monoisotopic (exact) mass is 221 g/mol. The zero-order valence-corrected chi connectivity index (χ0v) is 8.93. The Labute approximate surface area is 94.0 Å². The molecule has 2 atom stereocenters. The molecule has 2 unspecified atom stereocenters. The molecule has 1 amide bonds. The first-order valence-electron chi connectivity index (χ1n) is 5.27. The van der Waals surface area contributed by atoms with Crippen molar-refractivity contribution in [3.8, 4) is 0 Å². The predicted molar refractivity (Wildman–Crippen MR) is 58.4 cm³/mol. The van der Waals surface area contributed by atoms with Crippen molar-refractivity contribution in [2.45, 2.75) is 12.6 Å². The van der Waals surface area contributed by atoms with Crippen molar-refractivity contribution in [2.24, 2.45) is 11.7 Å². The summed E-state index contributed by atoms with van der Waals surface area (Å²) in [5.74, 6) is -0.273. The third-order valence-corrected chi connectivity index (χ3v) is 2.65. The van der Waals surface area contributed by atoms with E-state index in [0.717, 1.165) is 5.56 Å². The molecule has 16 heavy (non-hydrogen) atoms. The van der Waals surface area contributed by atoms with Crippen LogP contribution >= 0.6 is 0 Å². The van der Waals surface area contributed by atoms with Gasteiger partial charge < -0.3 is 15.8 Å². The summed E-state index contributed by atoms with van der Waals surface area (Å²) in [4.78, 5) is 15.7. The second-order valence-corrected chi connectivity index (χ2v) is 3.89. The van der Waals surface area contributed by atoms with E-state index in [9.17, 15) is 4.79 Å². The van der Waals surface area contributed by atoms with Crippen LogP contribution in [-0.2, 0) is 16.1 Å². The maximum Gasteiger partial charge on any atom is 0.227 e. The van der Waals surface area contributed by atoms with Crippen molar-refractivity contribution < 1.29 is 9.53 Å². The van der Waals surface area contributed by atoms with E-state index in [1.165, 1.54) is 0 Å². The SMILES string of the molecule is NC1COCC1C(=O)NCc1cccnc1. The molecular weight excluding hydrogens is 206 g/mol. The number of carbonyl (C=O) groups is 1. The van der Waals surface area contributed by atoms with E-state index in [2.05, 4.69) is 10.3 Å². The first-order chi connectivity index (χ1) is 7.77. The van der Waals surface area contributed by atoms with Crippen LogP contribution in [0.3, 0.4) is 0 Å². The standard InChI is InChI=1S/C11H15N3O2/c12-10-7-16-6-9(10)11(15)14-5-8-2-1-3-13-4-8/h1-4,9-10H,5-7,12H2,(H,14,15). The highest BCUT2D eigenvalue weighted by Gasteiger charge is 2.30. The van der Waals surface area contributed by atoms with E-state index in [1.54, 1.807) is 12.4 Å². The zero-order chi connectivity index (χ0) is 11.4. The van der Waals surface area contributed by atoms with Crippen LogP contribution in [0.2, 0.25) is 0 Å². The predicted octanol–water partition coefficient (Wildman–Crippen LogP) is -0.328. The highest BCUT2D eigenvalue weighted by molar-refractivity contribution is 5.79. The van der Waals surface area contributed by atoms with Gasteiger partial charge in [0.1, 0.15) is 0 Å². The molecule has 86 valence electrons. The number of carbonyl (C=O) groups excluding carboxylic acids is 1. The third-order valence-electron chi connectivity index (χ3n) is 2.65. The van der Waals surface area contributed by atoms with E-state index in [-0.39, 0.29) is 17.9 Å². The van der Waals surface area contributed by atoms with Gasteiger partial charge in [-0.25, -0.2) is 0 Å². The van der Waals surface area contributed by atoms with Gasteiger partial charge in [0.05, 0.1) is 19.1 Å². The molecule has 5 heteroatoms. The van der Waals surface area contributed by atoms with Gasteiger partial charge in [0.15, 0.2) is 0 Å². The lowest BCUT2D eigenvalue weighted by molar-refractivity contribution is -0.125. The summed E-state index contributed by atoms with van der Waals surface area (Å²) in [6.45, 7) is 1.36. The summed E-state index contributed by atoms with van der Waals surface area (Å²) in [7, 11) is 0. The van der Waals surface area contributed by atoms with Crippen molar-refractivity contribution >= 4 is 5.91 Å². The fourth-order valence-electron chi connectivity index (χ4n) is 1.66. The topological polar surface area (TPSA) is 77.2 Å². The number of nitrogens with zero attached hydrogens (tertiary/aromatic N) is 1. The molecule has 5 nitrogen and oxygen atoms in total. The Morgan fingerprint density at radius 3 is 3.12 bits per heavy atom. The molecule has 1 fully saturated rings. The number of nitrogens with one attached hydrogen (secondary N) is 1. The lowest BCUT2D eigenvalue weighted by atomic mass is 10.0.